The molecule has 1 aliphatic heterocycles. The van der Waals surface area contributed by atoms with Crippen LogP contribution in [0.3, 0.4) is 0 Å². The van der Waals surface area contributed by atoms with Gasteiger partial charge in [-0.05, 0) is 80.8 Å². The van der Waals surface area contributed by atoms with Gasteiger partial charge in [0.1, 0.15) is 23.3 Å². The summed E-state index contributed by atoms with van der Waals surface area (Å²) in [7, 11) is 1.93. The number of fused-ring (bicyclic) bond motifs is 2. The third kappa shape index (κ3) is 5.35. The van der Waals surface area contributed by atoms with Crippen LogP contribution in [0, 0.1) is 6.92 Å². The van der Waals surface area contributed by atoms with Gasteiger partial charge in [0, 0.05) is 30.2 Å². The van der Waals surface area contributed by atoms with Crippen molar-refractivity contribution in [2.75, 3.05) is 10.2 Å². The number of rotatable bonds is 5. The Morgan fingerprint density at radius 1 is 1.05 bits per heavy atom. The quantitative estimate of drug-likeness (QED) is 0.228. The minimum absolute atomic E-state index is 0.173. The molecule has 0 atom stereocenters. The van der Waals surface area contributed by atoms with Crippen LogP contribution in [0.2, 0.25) is 0 Å². The maximum absolute atomic E-state index is 13.7. The molecule has 0 unspecified atom stereocenters. The Hall–Kier alpha value is -5.58. The largest absolute Gasteiger partial charge is 0.443 e. The van der Waals surface area contributed by atoms with E-state index in [4.69, 9.17) is 9.47 Å². The van der Waals surface area contributed by atoms with E-state index < -0.39 is 11.7 Å². The summed E-state index contributed by atoms with van der Waals surface area (Å²) in [6.45, 7) is 11.0. The number of ether oxygens (including phenoxy) is 2. The second-order valence-corrected chi connectivity index (χ2v) is 11.4. The smallest absolute Gasteiger partial charge is 0.416 e. The van der Waals surface area contributed by atoms with Crippen molar-refractivity contribution < 1.29 is 19.1 Å². The van der Waals surface area contributed by atoms with E-state index in [2.05, 4.69) is 31.8 Å². The monoisotopic (exact) mass is 589 g/mol. The molecule has 4 heterocycles. The number of hydrogen-bond acceptors (Lipinski definition) is 8. The molecule has 2 aromatic carbocycles. The van der Waals surface area contributed by atoms with Crippen LogP contribution in [0.5, 0.6) is 11.8 Å². The number of aromatic nitrogens is 5. The van der Waals surface area contributed by atoms with E-state index >= 15 is 0 Å². The molecule has 11 heteroatoms. The molecule has 0 saturated heterocycles. The molecule has 1 aliphatic rings. The Balaban J connectivity index is 1.56. The van der Waals surface area contributed by atoms with Crippen LogP contribution in [0.15, 0.2) is 73.7 Å². The standard InChI is InChI=1S/C33H31N7O4/c1-7-25(41)38-22-10-8-20(9-11-22)28-26-24-13-12-23(43-31-34-15-14-19(2)37-31)16-21(24)17-40(32(42)44-33(3,4)5)30-27(26)29(39(28)6)35-18-36-30/h7-16,18H,1,17H2,2-6H3,(H,38,41). The van der Waals surface area contributed by atoms with Crippen LogP contribution < -0.4 is 15.0 Å². The average Bonchev–Trinajstić information content (AvgIpc) is 3.18. The summed E-state index contributed by atoms with van der Waals surface area (Å²) in [5.41, 5.74) is 5.65. The Labute approximate surface area is 254 Å². The van der Waals surface area contributed by atoms with E-state index in [9.17, 15) is 9.59 Å². The fourth-order valence-electron chi connectivity index (χ4n) is 5.25. The highest BCUT2D eigenvalue weighted by Crippen LogP contribution is 2.47. The fraction of sp³-hybridized carbons (Fsp3) is 0.212. The van der Waals surface area contributed by atoms with Gasteiger partial charge in [-0.2, -0.15) is 0 Å². The number of benzene rings is 2. The Morgan fingerprint density at radius 3 is 2.52 bits per heavy atom. The number of hydrogen-bond donors (Lipinski definition) is 1. The van der Waals surface area contributed by atoms with Crippen molar-refractivity contribution in [3.63, 3.8) is 0 Å². The van der Waals surface area contributed by atoms with E-state index in [1.807, 2.05) is 81.8 Å². The van der Waals surface area contributed by atoms with Gasteiger partial charge in [0.15, 0.2) is 5.82 Å². The summed E-state index contributed by atoms with van der Waals surface area (Å²) in [4.78, 5) is 44.9. The van der Waals surface area contributed by atoms with Crippen LogP contribution in [-0.2, 0) is 23.1 Å². The van der Waals surface area contributed by atoms with Gasteiger partial charge in [0.05, 0.1) is 17.6 Å². The second-order valence-electron chi connectivity index (χ2n) is 11.4. The molecule has 0 aliphatic carbocycles. The molecule has 222 valence electrons. The van der Waals surface area contributed by atoms with Crippen LogP contribution in [0.1, 0.15) is 32.0 Å². The molecule has 2 amide bonds. The lowest BCUT2D eigenvalue weighted by Crippen LogP contribution is -2.37. The molecule has 44 heavy (non-hydrogen) atoms. The molecule has 6 rings (SSSR count). The molecular weight excluding hydrogens is 558 g/mol. The number of amides is 2. The molecule has 0 saturated carbocycles. The lowest BCUT2D eigenvalue weighted by molar-refractivity contribution is -0.111. The van der Waals surface area contributed by atoms with Crippen molar-refractivity contribution in [3.05, 3.63) is 85.0 Å². The summed E-state index contributed by atoms with van der Waals surface area (Å²) >= 11 is 0. The van der Waals surface area contributed by atoms with Crippen molar-refractivity contribution in [1.29, 1.82) is 0 Å². The number of carbonyl (C=O) groups is 2. The van der Waals surface area contributed by atoms with Crippen LogP contribution in [0.25, 0.3) is 33.4 Å². The summed E-state index contributed by atoms with van der Waals surface area (Å²) in [6.07, 6.45) is 3.79. The number of aryl methyl sites for hydroxylation is 2. The van der Waals surface area contributed by atoms with Gasteiger partial charge in [-0.15, -0.1) is 0 Å². The molecule has 3 aromatic heterocycles. The first-order valence-corrected chi connectivity index (χ1v) is 14.0. The molecule has 0 spiro atoms. The number of carbonyl (C=O) groups excluding carboxylic acids is 2. The van der Waals surface area contributed by atoms with Crippen molar-refractivity contribution >= 4 is 34.5 Å². The summed E-state index contributed by atoms with van der Waals surface area (Å²) in [5, 5.41) is 3.50. The van der Waals surface area contributed by atoms with E-state index in [0.717, 1.165) is 33.6 Å². The first kappa shape index (κ1) is 28.5. The number of anilines is 2. The molecular formula is C33H31N7O4. The predicted octanol–water partition coefficient (Wildman–Crippen LogP) is 6.57. The minimum atomic E-state index is -0.723. The first-order valence-electron chi connectivity index (χ1n) is 14.0. The Kier molecular flexibility index (Phi) is 7.08. The summed E-state index contributed by atoms with van der Waals surface area (Å²) in [5.74, 6) is 0.669. The third-order valence-electron chi connectivity index (χ3n) is 7.08. The second kappa shape index (κ2) is 10.9. The van der Waals surface area contributed by atoms with Crippen LogP contribution in [-0.4, -0.2) is 42.1 Å². The van der Waals surface area contributed by atoms with Gasteiger partial charge < -0.3 is 19.4 Å². The maximum Gasteiger partial charge on any atom is 0.416 e. The number of nitrogens with zero attached hydrogens (tertiary/aromatic N) is 6. The van der Waals surface area contributed by atoms with Crippen molar-refractivity contribution in [2.24, 2.45) is 7.05 Å². The zero-order chi connectivity index (χ0) is 31.2. The highest BCUT2D eigenvalue weighted by Gasteiger charge is 2.34. The molecule has 11 nitrogen and oxygen atoms in total. The van der Waals surface area contributed by atoms with Crippen molar-refractivity contribution in [2.45, 2.75) is 39.8 Å². The zero-order valence-corrected chi connectivity index (χ0v) is 25.1. The van der Waals surface area contributed by atoms with Crippen molar-refractivity contribution in [1.82, 2.24) is 24.5 Å². The normalized spacial score (nSPS) is 12.3. The fourth-order valence-corrected chi connectivity index (χ4v) is 5.25. The van der Waals surface area contributed by atoms with Gasteiger partial charge in [-0.25, -0.2) is 24.7 Å². The highest BCUT2D eigenvalue weighted by molar-refractivity contribution is 6.12. The van der Waals surface area contributed by atoms with Crippen LogP contribution in [0.4, 0.5) is 16.3 Å². The van der Waals surface area contributed by atoms with E-state index in [1.165, 1.54) is 17.3 Å². The van der Waals surface area contributed by atoms with E-state index in [-0.39, 0.29) is 18.5 Å². The van der Waals surface area contributed by atoms with E-state index in [0.29, 0.717) is 28.3 Å². The van der Waals surface area contributed by atoms with Gasteiger partial charge in [0.2, 0.25) is 5.91 Å². The van der Waals surface area contributed by atoms with Crippen molar-refractivity contribution in [3.8, 4) is 34.1 Å². The first-order chi connectivity index (χ1) is 21.0. The zero-order valence-electron chi connectivity index (χ0n) is 25.1. The average molecular weight is 590 g/mol. The topological polar surface area (TPSA) is 124 Å². The van der Waals surface area contributed by atoms with Gasteiger partial charge in [0.25, 0.3) is 0 Å². The highest BCUT2D eigenvalue weighted by atomic mass is 16.6. The molecule has 1 N–H and O–H groups in total. The van der Waals surface area contributed by atoms with Gasteiger partial charge in [-0.3, -0.25) is 9.69 Å². The summed E-state index contributed by atoms with van der Waals surface area (Å²) < 4.78 is 13.9. The minimum Gasteiger partial charge on any atom is -0.443 e. The SMILES string of the molecule is C=CC(=O)Nc1ccc(-c2c3c4c(ncnc4n2C)N(C(=O)OC(C)(C)C)Cc2cc(Oc4nccc(C)n4)ccc2-3)cc1. The molecule has 0 radical (unpaired) electrons. The third-order valence-corrected chi connectivity index (χ3v) is 7.08. The number of nitrogens with one attached hydrogen (secondary N) is 1. The van der Waals surface area contributed by atoms with Crippen LogP contribution >= 0.6 is 0 Å². The van der Waals surface area contributed by atoms with Gasteiger partial charge in [-0.1, -0.05) is 24.8 Å². The molecule has 0 bridgehead atoms. The molecule has 0 fully saturated rings. The summed E-state index contributed by atoms with van der Waals surface area (Å²) in [6, 6.07) is 15.2. The lowest BCUT2D eigenvalue weighted by atomic mass is 9.95. The maximum atomic E-state index is 13.7. The molecule has 5 aromatic rings. The Bertz CT molecular complexity index is 1940. The van der Waals surface area contributed by atoms with E-state index in [1.54, 1.807) is 12.3 Å². The van der Waals surface area contributed by atoms with Gasteiger partial charge >= 0.3 is 12.1 Å². The lowest BCUT2D eigenvalue weighted by Gasteiger charge is -2.26. The predicted molar refractivity (Wildman–Crippen MR) is 167 cm³/mol. The Morgan fingerprint density at radius 2 is 1.82 bits per heavy atom.